The number of nitrogens with zero attached hydrogens (tertiary/aromatic N) is 1. The fourth-order valence-electron chi connectivity index (χ4n) is 2.08. The first kappa shape index (κ1) is 15.8. The number of hydrogen-bond donors (Lipinski definition) is 0. The fourth-order valence-corrected chi connectivity index (χ4v) is 4.82. The van der Waals surface area contributed by atoms with Crippen molar-refractivity contribution in [3.05, 3.63) is 60.7 Å². The third-order valence-electron chi connectivity index (χ3n) is 3.16. The molecule has 0 fully saturated rings. The molecule has 0 spiro atoms. The lowest BCUT2D eigenvalue weighted by Crippen LogP contribution is -2.47. The summed E-state index contributed by atoms with van der Waals surface area (Å²) in [6.07, 6.45) is 0. The highest BCUT2D eigenvalue weighted by atomic mass is 32.1. The predicted octanol–water partition coefficient (Wildman–Crippen LogP) is 2.42. The van der Waals surface area contributed by atoms with Gasteiger partial charge in [-0.05, 0) is 36.4 Å². The van der Waals surface area contributed by atoms with Gasteiger partial charge in [-0.15, -0.1) is 0 Å². The molecule has 0 aliphatic rings. The lowest BCUT2D eigenvalue weighted by Gasteiger charge is -2.23. The van der Waals surface area contributed by atoms with Crippen molar-refractivity contribution >= 4 is 36.8 Å². The van der Waals surface area contributed by atoms with Crippen LogP contribution < -0.4 is 10.4 Å². The van der Waals surface area contributed by atoms with Gasteiger partial charge in [-0.3, -0.25) is 0 Å². The minimum atomic E-state index is -1.70. The van der Waals surface area contributed by atoms with Crippen molar-refractivity contribution in [2.45, 2.75) is 19.4 Å². The molecule has 0 unspecified atom stereocenters. The van der Waals surface area contributed by atoms with Crippen molar-refractivity contribution in [2.24, 2.45) is 4.99 Å². The Morgan fingerprint density at radius 2 is 1.48 bits per heavy atom. The molecule has 0 atom stereocenters. The topological polar surface area (TPSA) is 21.6 Å². The fraction of sp³-hybridized carbons (Fsp3) is 0.235. The van der Waals surface area contributed by atoms with E-state index in [0.717, 1.165) is 0 Å². The Hall–Kier alpha value is -1.58. The molecule has 0 saturated carbocycles. The number of thiocarbonyl (C=S) groups is 1. The summed E-state index contributed by atoms with van der Waals surface area (Å²) >= 11 is 4.71. The van der Waals surface area contributed by atoms with E-state index in [-0.39, 0.29) is 5.54 Å². The van der Waals surface area contributed by atoms with Crippen molar-refractivity contribution in [3.63, 3.8) is 0 Å². The number of rotatable bonds is 6. The molecular weight excluding hydrogens is 294 g/mol. The van der Waals surface area contributed by atoms with Gasteiger partial charge in [0.05, 0.1) is 17.3 Å². The maximum Gasteiger partial charge on any atom is 0.239 e. The number of isothiocyanates is 1. The molecule has 0 aliphatic heterocycles. The third kappa shape index (κ3) is 4.72. The minimum Gasteiger partial charge on any atom is -0.408 e. The molecule has 0 bridgehead atoms. The highest BCUT2D eigenvalue weighted by Crippen LogP contribution is 2.09. The highest BCUT2D eigenvalue weighted by molar-refractivity contribution is 7.78. The Morgan fingerprint density at radius 3 is 1.90 bits per heavy atom. The monoisotopic (exact) mass is 313 g/mol. The van der Waals surface area contributed by atoms with E-state index in [0.29, 0.717) is 6.61 Å². The van der Waals surface area contributed by atoms with E-state index in [9.17, 15) is 0 Å². The van der Waals surface area contributed by atoms with Gasteiger partial charge in [-0.1, -0.05) is 60.7 Å². The van der Waals surface area contributed by atoms with Crippen LogP contribution in [0, 0.1) is 0 Å². The van der Waals surface area contributed by atoms with E-state index >= 15 is 0 Å². The third-order valence-corrected chi connectivity index (χ3v) is 5.73. The Labute approximate surface area is 133 Å². The van der Waals surface area contributed by atoms with Crippen LogP contribution in [0.15, 0.2) is 65.7 Å². The molecule has 0 amide bonds. The molecule has 2 rings (SSSR count). The van der Waals surface area contributed by atoms with Crippen LogP contribution >= 0.6 is 12.2 Å². The van der Waals surface area contributed by atoms with E-state index in [4.69, 9.17) is 16.6 Å². The van der Waals surface area contributed by atoms with Crippen LogP contribution in [0.2, 0.25) is 0 Å². The van der Waals surface area contributed by atoms with Crippen LogP contribution in [-0.4, -0.2) is 26.3 Å². The molecule has 0 aromatic heterocycles. The van der Waals surface area contributed by atoms with E-state index in [1.165, 1.54) is 10.4 Å². The van der Waals surface area contributed by atoms with Gasteiger partial charge in [-0.2, -0.15) is 0 Å². The zero-order valence-corrected chi connectivity index (χ0v) is 14.3. The molecule has 21 heavy (non-hydrogen) atoms. The lowest BCUT2D eigenvalue weighted by atomic mass is 10.1. The molecule has 2 aromatic rings. The first-order chi connectivity index (χ1) is 10.1. The molecule has 2 nitrogen and oxygen atoms in total. The maximum absolute atomic E-state index is 6.29. The normalized spacial score (nSPS) is 11.2. The van der Waals surface area contributed by atoms with Crippen molar-refractivity contribution in [3.8, 4) is 0 Å². The van der Waals surface area contributed by atoms with Crippen LogP contribution in [0.4, 0.5) is 0 Å². The highest BCUT2D eigenvalue weighted by Gasteiger charge is 2.23. The van der Waals surface area contributed by atoms with Gasteiger partial charge in [-0.25, -0.2) is 4.99 Å². The van der Waals surface area contributed by atoms with Crippen LogP contribution in [-0.2, 0) is 4.43 Å². The van der Waals surface area contributed by atoms with Gasteiger partial charge < -0.3 is 4.43 Å². The molecule has 0 heterocycles. The number of hydrogen-bond acceptors (Lipinski definition) is 3. The van der Waals surface area contributed by atoms with Crippen molar-refractivity contribution < 1.29 is 4.43 Å². The zero-order chi connectivity index (χ0) is 15.1. The van der Waals surface area contributed by atoms with Crippen molar-refractivity contribution in [1.82, 2.24) is 0 Å². The zero-order valence-electron chi connectivity index (χ0n) is 12.3. The lowest BCUT2D eigenvalue weighted by molar-refractivity contribution is 0.254. The quantitative estimate of drug-likeness (QED) is 0.464. The average Bonchev–Trinajstić information content (AvgIpc) is 2.49. The summed E-state index contributed by atoms with van der Waals surface area (Å²) in [5.41, 5.74) is -0.337. The van der Waals surface area contributed by atoms with Gasteiger partial charge >= 0.3 is 0 Å². The van der Waals surface area contributed by atoms with E-state index < -0.39 is 9.04 Å². The van der Waals surface area contributed by atoms with Gasteiger partial charge in [0.1, 0.15) is 0 Å². The SMILES string of the molecule is CC(C)(CO[SiH](c1ccccc1)c1ccccc1)N=C=S. The second-order valence-electron chi connectivity index (χ2n) is 5.53. The average molecular weight is 313 g/mol. The Balaban J connectivity index is 2.24. The van der Waals surface area contributed by atoms with Gasteiger partial charge in [0, 0.05) is 0 Å². The molecule has 108 valence electrons. The predicted molar refractivity (Wildman–Crippen MR) is 94.4 cm³/mol. The summed E-state index contributed by atoms with van der Waals surface area (Å²) in [7, 11) is -1.70. The minimum absolute atomic E-state index is 0.337. The summed E-state index contributed by atoms with van der Waals surface area (Å²) < 4.78 is 6.29. The number of benzene rings is 2. The van der Waals surface area contributed by atoms with Crippen molar-refractivity contribution in [2.75, 3.05) is 6.61 Å². The van der Waals surface area contributed by atoms with E-state index in [2.05, 4.69) is 58.7 Å². The first-order valence-corrected chi connectivity index (χ1v) is 8.96. The summed E-state index contributed by atoms with van der Waals surface area (Å²) in [6.45, 7) is 4.55. The molecule has 0 radical (unpaired) electrons. The Bertz CT molecular complexity index is 570. The Kier molecular flexibility index (Phi) is 5.59. The van der Waals surface area contributed by atoms with Gasteiger partial charge in [0.25, 0.3) is 0 Å². The van der Waals surface area contributed by atoms with E-state index in [1.54, 1.807) is 0 Å². The standard InChI is InChI=1S/C17H19NOSSi/c1-17(2,18-14-20)13-19-21(15-9-5-3-6-10-15)16-11-7-4-8-12-16/h3-12,21H,13H2,1-2H3. The molecule has 0 saturated heterocycles. The summed E-state index contributed by atoms with van der Waals surface area (Å²) in [5.74, 6) is 0. The summed E-state index contributed by atoms with van der Waals surface area (Å²) in [5, 5.41) is 4.99. The van der Waals surface area contributed by atoms with Gasteiger partial charge in [0.2, 0.25) is 9.04 Å². The van der Waals surface area contributed by atoms with Gasteiger partial charge in [0.15, 0.2) is 0 Å². The second kappa shape index (κ2) is 7.43. The molecule has 0 aliphatic carbocycles. The number of aliphatic imine (C=N–C) groups is 1. The largest absolute Gasteiger partial charge is 0.408 e. The molecule has 4 heteroatoms. The maximum atomic E-state index is 6.29. The van der Waals surface area contributed by atoms with Crippen LogP contribution in [0.25, 0.3) is 0 Å². The first-order valence-electron chi connectivity index (χ1n) is 6.93. The molecule has 0 N–H and O–H groups in total. The smallest absolute Gasteiger partial charge is 0.239 e. The van der Waals surface area contributed by atoms with Crippen LogP contribution in [0.1, 0.15) is 13.8 Å². The van der Waals surface area contributed by atoms with E-state index in [1.807, 2.05) is 26.0 Å². The van der Waals surface area contributed by atoms with Crippen molar-refractivity contribution in [1.29, 1.82) is 0 Å². The van der Waals surface area contributed by atoms with Crippen LogP contribution in [0.5, 0.6) is 0 Å². The second-order valence-corrected chi connectivity index (χ2v) is 8.14. The summed E-state index contributed by atoms with van der Waals surface area (Å²) in [6, 6.07) is 20.8. The van der Waals surface area contributed by atoms with Crippen LogP contribution in [0.3, 0.4) is 0 Å². The molecular formula is C17H19NOSSi. The molecule has 2 aromatic carbocycles. The summed E-state index contributed by atoms with van der Waals surface area (Å²) in [4.78, 5) is 4.18. The Morgan fingerprint density at radius 1 is 1.00 bits per heavy atom.